The van der Waals surface area contributed by atoms with Crippen molar-refractivity contribution in [2.75, 3.05) is 7.05 Å². The second-order valence-corrected chi connectivity index (χ2v) is 4.64. The van der Waals surface area contributed by atoms with E-state index < -0.39 is 0 Å². The Morgan fingerprint density at radius 1 is 0.765 bits per heavy atom. The van der Waals surface area contributed by atoms with Gasteiger partial charge >= 0.3 is 0 Å². The van der Waals surface area contributed by atoms with E-state index in [-0.39, 0.29) is 0 Å². The lowest BCUT2D eigenvalue weighted by Crippen LogP contribution is -2.17. The van der Waals surface area contributed by atoms with Crippen LogP contribution in [0.15, 0.2) is 54.6 Å². The van der Waals surface area contributed by atoms with Gasteiger partial charge in [0.05, 0.1) is 0 Å². The van der Waals surface area contributed by atoms with Crippen molar-refractivity contribution >= 4 is 0 Å². The van der Waals surface area contributed by atoms with E-state index in [1.165, 1.54) is 16.7 Å². The third-order valence-corrected chi connectivity index (χ3v) is 2.87. The van der Waals surface area contributed by atoms with Crippen LogP contribution in [0, 0.1) is 6.92 Å². The predicted octanol–water partition coefficient (Wildman–Crippen LogP) is 3.63. The topological polar surface area (TPSA) is 3.24 Å². The highest BCUT2D eigenvalue weighted by Gasteiger charge is 2.01. The average Bonchev–Trinajstić information content (AvgIpc) is 2.33. The SMILES string of the molecule is Cc1ccc(CN(C)Cc2ccccc2)cc1. The minimum Gasteiger partial charge on any atom is -0.298 e. The smallest absolute Gasteiger partial charge is 0.0234 e. The van der Waals surface area contributed by atoms with Gasteiger partial charge in [0.15, 0.2) is 0 Å². The molecule has 0 aliphatic heterocycles. The molecule has 0 spiro atoms. The van der Waals surface area contributed by atoms with E-state index in [9.17, 15) is 0 Å². The molecule has 2 aromatic carbocycles. The molecular weight excluding hydrogens is 206 g/mol. The molecule has 2 rings (SSSR count). The summed E-state index contributed by atoms with van der Waals surface area (Å²) >= 11 is 0. The molecule has 0 fully saturated rings. The zero-order valence-corrected chi connectivity index (χ0v) is 10.6. The molecule has 0 atom stereocenters. The fourth-order valence-corrected chi connectivity index (χ4v) is 1.96. The number of hydrogen-bond donors (Lipinski definition) is 0. The Bertz CT molecular complexity index is 445. The van der Waals surface area contributed by atoms with E-state index in [2.05, 4.69) is 73.5 Å². The van der Waals surface area contributed by atoms with Crippen LogP contribution in [-0.2, 0) is 13.1 Å². The average molecular weight is 225 g/mol. The van der Waals surface area contributed by atoms with Gasteiger partial charge in [-0.05, 0) is 25.1 Å². The Morgan fingerprint density at radius 3 is 1.88 bits per heavy atom. The van der Waals surface area contributed by atoms with Gasteiger partial charge in [0, 0.05) is 13.1 Å². The maximum atomic E-state index is 2.33. The van der Waals surface area contributed by atoms with Crippen molar-refractivity contribution in [3.63, 3.8) is 0 Å². The van der Waals surface area contributed by atoms with Gasteiger partial charge < -0.3 is 0 Å². The Hall–Kier alpha value is -1.60. The summed E-state index contributed by atoms with van der Waals surface area (Å²) in [6.07, 6.45) is 0. The third kappa shape index (κ3) is 3.72. The molecule has 0 saturated carbocycles. The molecule has 0 heterocycles. The first-order chi connectivity index (χ1) is 8.24. The second kappa shape index (κ2) is 5.65. The third-order valence-electron chi connectivity index (χ3n) is 2.87. The van der Waals surface area contributed by atoms with Gasteiger partial charge in [-0.3, -0.25) is 4.90 Å². The standard InChI is InChI=1S/C16H19N/c1-14-8-10-16(11-9-14)13-17(2)12-15-6-4-3-5-7-15/h3-11H,12-13H2,1-2H3. The summed E-state index contributed by atoms with van der Waals surface area (Å²) in [6.45, 7) is 4.11. The monoisotopic (exact) mass is 225 g/mol. The second-order valence-electron chi connectivity index (χ2n) is 4.64. The van der Waals surface area contributed by atoms with Crippen molar-refractivity contribution < 1.29 is 0 Å². The molecule has 88 valence electrons. The highest BCUT2D eigenvalue weighted by Crippen LogP contribution is 2.09. The van der Waals surface area contributed by atoms with E-state index in [4.69, 9.17) is 0 Å². The first-order valence-electron chi connectivity index (χ1n) is 6.02. The molecule has 1 heteroatoms. The van der Waals surface area contributed by atoms with Gasteiger partial charge in [0.1, 0.15) is 0 Å². The predicted molar refractivity (Wildman–Crippen MR) is 72.8 cm³/mol. The summed E-state index contributed by atoms with van der Waals surface area (Å²) in [5.41, 5.74) is 4.05. The summed E-state index contributed by atoms with van der Waals surface area (Å²) < 4.78 is 0. The number of benzene rings is 2. The van der Waals surface area contributed by atoms with Gasteiger partial charge in [-0.15, -0.1) is 0 Å². The molecule has 0 bridgehead atoms. The Labute approximate surface area is 104 Å². The first kappa shape index (κ1) is 11.9. The minimum absolute atomic E-state index is 0.995. The van der Waals surface area contributed by atoms with Crippen LogP contribution >= 0.6 is 0 Å². The number of rotatable bonds is 4. The van der Waals surface area contributed by atoms with Gasteiger partial charge in [0.2, 0.25) is 0 Å². The highest BCUT2D eigenvalue weighted by atomic mass is 15.1. The molecule has 0 saturated heterocycles. The highest BCUT2D eigenvalue weighted by molar-refractivity contribution is 5.21. The van der Waals surface area contributed by atoms with Crippen LogP contribution in [0.25, 0.3) is 0 Å². The molecule has 0 unspecified atom stereocenters. The van der Waals surface area contributed by atoms with Gasteiger partial charge in [-0.2, -0.15) is 0 Å². The molecule has 17 heavy (non-hydrogen) atoms. The zero-order valence-electron chi connectivity index (χ0n) is 10.6. The maximum absolute atomic E-state index is 2.33. The largest absolute Gasteiger partial charge is 0.298 e. The molecule has 2 aromatic rings. The van der Waals surface area contributed by atoms with Gasteiger partial charge in [0.25, 0.3) is 0 Å². The fourth-order valence-electron chi connectivity index (χ4n) is 1.96. The lowest BCUT2D eigenvalue weighted by molar-refractivity contribution is 0.319. The number of hydrogen-bond acceptors (Lipinski definition) is 1. The van der Waals surface area contributed by atoms with Crippen molar-refractivity contribution in [2.24, 2.45) is 0 Å². The van der Waals surface area contributed by atoms with Crippen LogP contribution in [0.1, 0.15) is 16.7 Å². The van der Waals surface area contributed by atoms with Crippen molar-refractivity contribution in [2.45, 2.75) is 20.0 Å². The summed E-state index contributed by atoms with van der Waals surface area (Å²) in [5.74, 6) is 0. The quantitative estimate of drug-likeness (QED) is 0.768. The summed E-state index contributed by atoms with van der Waals surface area (Å²) in [5, 5.41) is 0. The van der Waals surface area contributed by atoms with Crippen LogP contribution in [0.5, 0.6) is 0 Å². The van der Waals surface area contributed by atoms with E-state index in [1.807, 2.05) is 0 Å². The lowest BCUT2D eigenvalue weighted by Gasteiger charge is -2.16. The number of aryl methyl sites for hydroxylation is 1. The molecule has 0 aromatic heterocycles. The van der Waals surface area contributed by atoms with E-state index in [1.54, 1.807) is 0 Å². The Morgan fingerprint density at radius 2 is 1.29 bits per heavy atom. The Kier molecular flexibility index (Phi) is 3.94. The maximum Gasteiger partial charge on any atom is 0.0234 e. The minimum atomic E-state index is 0.995. The van der Waals surface area contributed by atoms with Crippen LogP contribution in [0.4, 0.5) is 0 Å². The molecule has 0 amide bonds. The lowest BCUT2D eigenvalue weighted by atomic mass is 10.1. The zero-order chi connectivity index (χ0) is 12.1. The van der Waals surface area contributed by atoms with Gasteiger partial charge in [-0.1, -0.05) is 60.2 Å². The molecule has 0 aliphatic carbocycles. The normalized spacial score (nSPS) is 10.8. The van der Waals surface area contributed by atoms with Crippen molar-refractivity contribution in [3.05, 3.63) is 71.3 Å². The van der Waals surface area contributed by atoms with Crippen molar-refractivity contribution in [3.8, 4) is 0 Å². The Balaban J connectivity index is 1.93. The van der Waals surface area contributed by atoms with Crippen molar-refractivity contribution in [1.82, 2.24) is 4.90 Å². The summed E-state index contributed by atoms with van der Waals surface area (Å²) in [4.78, 5) is 2.33. The summed E-state index contributed by atoms with van der Waals surface area (Å²) in [7, 11) is 2.16. The van der Waals surface area contributed by atoms with Crippen LogP contribution in [-0.4, -0.2) is 11.9 Å². The molecule has 0 N–H and O–H groups in total. The molecule has 1 nitrogen and oxygen atoms in total. The van der Waals surface area contributed by atoms with Crippen LogP contribution in [0.3, 0.4) is 0 Å². The van der Waals surface area contributed by atoms with Crippen LogP contribution < -0.4 is 0 Å². The van der Waals surface area contributed by atoms with E-state index in [0.29, 0.717) is 0 Å². The molecular formula is C16H19N. The van der Waals surface area contributed by atoms with Crippen LogP contribution in [0.2, 0.25) is 0 Å². The van der Waals surface area contributed by atoms with Crippen molar-refractivity contribution in [1.29, 1.82) is 0 Å². The first-order valence-corrected chi connectivity index (χ1v) is 6.02. The fraction of sp³-hybridized carbons (Fsp3) is 0.250. The van der Waals surface area contributed by atoms with Gasteiger partial charge in [-0.25, -0.2) is 0 Å². The molecule has 0 radical (unpaired) electrons. The van der Waals surface area contributed by atoms with E-state index >= 15 is 0 Å². The summed E-state index contributed by atoms with van der Waals surface area (Å²) in [6, 6.07) is 19.3. The number of nitrogens with zero attached hydrogens (tertiary/aromatic N) is 1. The molecule has 0 aliphatic rings. The van der Waals surface area contributed by atoms with E-state index in [0.717, 1.165) is 13.1 Å².